The number of carbonyl (C=O) groups excluding carboxylic acids is 2. The average Bonchev–Trinajstić information content (AvgIpc) is 2.82. The first-order valence-electron chi connectivity index (χ1n) is 10.3. The number of nitrogens with one attached hydrogen (secondary N) is 3. The van der Waals surface area contributed by atoms with Gasteiger partial charge in [0.15, 0.2) is 0 Å². The van der Waals surface area contributed by atoms with Crippen LogP contribution in [0, 0.1) is 13.8 Å². The van der Waals surface area contributed by atoms with E-state index in [1.807, 2.05) is 32.0 Å². The van der Waals surface area contributed by atoms with E-state index in [-0.39, 0.29) is 16.1 Å². The number of carbonyl (C=O) groups is 2. The summed E-state index contributed by atoms with van der Waals surface area (Å²) < 4.78 is 33.2. The zero-order valence-corrected chi connectivity index (χ0v) is 19.8. The maximum Gasteiger partial charge on any atom is 0.269 e. The molecule has 8 nitrogen and oxygen atoms in total. The molecule has 3 aromatic carbocycles. The molecule has 2 amide bonds. The van der Waals surface area contributed by atoms with E-state index < -0.39 is 21.8 Å². The lowest BCUT2D eigenvalue weighted by Crippen LogP contribution is -2.40. The van der Waals surface area contributed by atoms with Gasteiger partial charge >= 0.3 is 0 Å². The number of para-hydroxylation sites is 2. The Morgan fingerprint density at radius 2 is 1.68 bits per heavy atom. The van der Waals surface area contributed by atoms with Crippen LogP contribution in [0.4, 0.5) is 5.69 Å². The fraction of sp³-hybridized carbons (Fsp3) is 0.120. The van der Waals surface area contributed by atoms with Crippen molar-refractivity contribution in [2.45, 2.75) is 18.7 Å². The van der Waals surface area contributed by atoms with Crippen LogP contribution in [0.2, 0.25) is 0 Å². The predicted molar refractivity (Wildman–Crippen MR) is 131 cm³/mol. The molecule has 9 heteroatoms. The van der Waals surface area contributed by atoms with Crippen LogP contribution in [0.3, 0.4) is 0 Å². The van der Waals surface area contributed by atoms with E-state index in [1.54, 1.807) is 30.3 Å². The molecule has 0 atom stereocenters. The molecule has 0 saturated carbocycles. The molecule has 0 fully saturated rings. The molecule has 3 aromatic rings. The number of anilines is 1. The molecule has 0 saturated heterocycles. The van der Waals surface area contributed by atoms with E-state index in [9.17, 15) is 18.0 Å². The van der Waals surface area contributed by atoms with Crippen LogP contribution < -0.4 is 20.3 Å². The van der Waals surface area contributed by atoms with Crippen LogP contribution >= 0.6 is 0 Å². The highest BCUT2D eigenvalue weighted by Crippen LogP contribution is 2.26. The fourth-order valence-electron chi connectivity index (χ4n) is 3.15. The molecule has 0 radical (unpaired) electrons. The van der Waals surface area contributed by atoms with Crippen LogP contribution in [0.1, 0.15) is 27.0 Å². The third kappa shape index (κ3) is 6.23. The Bertz CT molecular complexity index is 1350. The minimum atomic E-state index is -3.99. The summed E-state index contributed by atoms with van der Waals surface area (Å²) in [5, 5.41) is 0. The van der Waals surface area contributed by atoms with Crippen LogP contribution in [0.5, 0.6) is 5.75 Å². The van der Waals surface area contributed by atoms with Crippen LogP contribution in [0.15, 0.2) is 77.7 Å². The first-order chi connectivity index (χ1) is 16.2. The second-order valence-corrected chi connectivity index (χ2v) is 9.15. The van der Waals surface area contributed by atoms with Gasteiger partial charge in [-0.25, -0.2) is 8.42 Å². The lowest BCUT2D eigenvalue weighted by atomic mass is 10.1. The predicted octanol–water partition coefficient (Wildman–Crippen LogP) is 3.59. The Morgan fingerprint density at radius 1 is 0.912 bits per heavy atom. The summed E-state index contributed by atoms with van der Waals surface area (Å²) in [7, 11) is -2.55. The second kappa shape index (κ2) is 10.7. The van der Waals surface area contributed by atoms with Crippen molar-refractivity contribution in [3.63, 3.8) is 0 Å². The van der Waals surface area contributed by atoms with E-state index in [0.717, 1.165) is 16.7 Å². The molecule has 176 valence electrons. The highest BCUT2D eigenvalue weighted by Gasteiger charge is 2.18. The van der Waals surface area contributed by atoms with Gasteiger partial charge < -0.3 is 4.74 Å². The molecule has 0 aromatic heterocycles. The van der Waals surface area contributed by atoms with E-state index in [0.29, 0.717) is 5.75 Å². The molecule has 0 unspecified atom stereocenters. The summed E-state index contributed by atoms with van der Waals surface area (Å²) in [6.45, 7) is 3.92. The van der Waals surface area contributed by atoms with Crippen molar-refractivity contribution < 1.29 is 22.7 Å². The third-order valence-corrected chi connectivity index (χ3v) is 6.26. The second-order valence-electron chi connectivity index (χ2n) is 7.47. The Hall–Kier alpha value is -4.11. The van der Waals surface area contributed by atoms with Gasteiger partial charge in [0.2, 0.25) is 0 Å². The summed E-state index contributed by atoms with van der Waals surface area (Å²) in [6.07, 6.45) is 2.95. The molecule has 0 heterocycles. The monoisotopic (exact) mass is 479 g/mol. The molecule has 0 aliphatic rings. The normalized spacial score (nSPS) is 11.1. The average molecular weight is 480 g/mol. The number of amides is 2. The van der Waals surface area contributed by atoms with E-state index in [4.69, 9.17) is 4.74 Å². The van der Waals surface area contributed by atoms with Gasteiger partial charge in [-0.3, -0.25) is 25.2 Å². The summed E-state index contributed by atoms with van der Waals surface area (Å²) in [5.74, 6) is -0.839. The molecule has 0 aliphatic carbocycles. The zero-order chi connectivity index (χ0) is 24.7. The number of hydrogen-bond donors (Lipinski definition) is 3. The molecule has 34 heavy (non-hydrogen) atoms. The highest BCUT2D eigenvalue weighted by molar-refractivity contribution is 7.92. The summed E-state index contributed by atoms with van der Waals surface area (Å²) in [5.41, 5.74) is 7.91. The number of methoxy groups -OCH3 is 1. The van der Waals surface area contributed by atoms with Crippen LogP contribution in [0.25, 0.3) is 6.08 Å². The van der Waals surface area contributed by atoms with Crippen molar-refractivity contribution in [2.75, 3.05) is 11.8 Å². The molecular formula is C25H25N3O5S. The Kier molecular flexibility index (Phi) is 7.70. The SMILES string of the molecule is COc1ccccc1NS(=O)(=O)c1cccc(C(=O)NNC(=O)/C=C/c2ccc(C)cc2C)c1. The van der Waals surface area contributed by atoms with Crippen molar-refractivity contribution in [1.29, 1.82) is 0 Å². The van der Waals surface area contributed by atoms with Gasteiger partial charge in [-0.15, -0.1) is 0 Å². The van der Waals surface area contributed by atoms with Crippen molar-refractivity contribution in [2.24, 2.45) is 0 Å². The zero-order valence-electron chi connectivity index (χ0n) is 19.0. The molecule has 3 rings (SSSR count). The highest BCUT2D eigenvalue weighted by atomic mass is 32.2. The van der Waals surface area contributed by atoms with Gasteiger partial charge in [0.1, 0.15) is 5.75 Å². The Labute approximate surface area is 198 Å². The van der Waals surface area contributed by atoms with E-state index in [2.05, 4.69) is 15.6 Å². The summed E-state index contributed by atoms with van der Waals surface area (Å²) in [6, 6.07) is 17.9. The lowest BCUT2D eigenvalue weighted by Gasteiger charge is -2.12. The third-order valence-electron chi connectivity index (χ3n) is 4.90. The number of hydrazine groups is 1. The molecule has 0 spiro atoms. The van der Waals surface area contributed by atoms with Crippen molar-refractivity contribution in [3.8, 4) is 5.75 Å². The van der Waals surface area contributed by atoms with Crippen LogP contribution in [-0.2, 0) is 14.8 Å². The van der Waals surface area contributed by atoms with E-state index >= 15 is 0 Å². The van der Waals surface area contributed by atoms with Gasteiger partial charge in [0, 0.05) is 11.6 Å². The number of rotatable bonds is 7. The minimum absolute atomic E-state index is 0.0570. The maximum absolute atomic E-state index is 12.8. The molecule has 3 N–H and O–H groups in total. The Balaban J connectivity index is 1.66. The first-order valence-corrected chi connectivity index (χ1v) is 11.8. The van der Waals surface area contributed by atoms with Crippen LogP contribution in [-0.4, -0.2) is 27.3 Å². The largest absolute Gasteiger partial charge is 0.495 e. The first kappa shape index (κ1) is 24.5. The van der Waals surface area contributed by atoms with Gasteiger partial charge in [0.25, 0.3) is 21.8 Å². The van der Waals surface area contributed by atoms with Crippen molar-refractivity contribution >= 4 is 33.6 Å². The number of sulfonamides is 1. The topological polar surface area (TPSA) is 114 Å². The summed E-state index contributed by atoms with van der Waals surface area (Å²) >= 11 is 0. The van der Waals surface area contributed by atoms with Gasteiger partial charge in [0.05, 0.1) is 17.7 Å². The van der Waals surface area contributed by atoms with Gasteiger partial charge in [-0.1, -0.05) is 42.0 Å². The molecule has 0 aliphatic heterocycles. The fourth-order valence-corrected chi connectivity index (χ4v) is 4.26. The minimum Gasteiger partial charge on any atom is -0.495 e. The Morgan fingerprint density at radius 3 is 2.41 bits per heavy atom. The van der Waals surface area contributed by atoms with Gasteiger partial charge in [-0.2, -0.15) is 0 Å². The molecule has 0 bridgehead atoms. The summed E-state index contributed by atoms with van der Waals surface area (Å²) in [4.78, 5) is 24.4. The van der Waals surface area contributed by atoms with E-state index in [1.165, 1.54) is 37.5 Å². The smallest absolute Gasteiger partial charge is 0.269 e. The van der Waals surface area contributed by atoms with Crippen molar-refractivity contribution in [3.05, 3.63) is 95.1 Å². The number of aryl methyl sites for hydroxylation is 2. The quantitative estimate of drug-likeness (QED) is 0.354. The maximum atomic E-state index is 12.8. The molecular weight excluding hydrogens is 454 g/mol. The number of ether oxygens (including phenoxy) is 1. The standard InChI is InChI=1S/C25H25N3O5S/c1-17-11-12-19(18(2)15-17)13-14-24(29)26-27-25(30)20-7-6-8-21(16-20)34(31,32)28-22-9-4-5-10-23(22)33-3/h4-16,28H,1-3H3,(H,26,29)(H,27,30)/b14-13+. The number of benzene rings is 3. The lowest BCUT2D eigenvalue weighted by molar-refractivity contribution is -0.117. The number of hydrogen-bond acceptors (Lipinski definition) is 5. The van der Waals surface area contributed by atoms with Gasteiger partial charge in [-0.05, 0) is 61.4 Å². The van der Waals surface area contributed by atoms with Crippen molar-refractivity contribution in [1.82, 2.24) is 10.9 Å².